The quantitative estimate of drug-likeness (QED) is 0.737. The summed E-state index contributed by atoms with van der Waals surface area (Å²) < 4.78 is 38.3. The molecule has 4 nitrogen and oxygen atoms in total. The van der Waals surface area contributed by atoms with Gasteiger partial charge in [0.15, 0.2) is 6.54 Å². The number of benzene rings is 2. The van der Waals surface area contributed by atoms with Gasteiger partial charge in [-0.25, -0.2) is 4.39 Å². The van der Waals surface area contributed by atoms with Gasteiger partial charge in [-0.1, -0.05) is 23.9 Å². The number of nitrogens with one attached hydrogen (secondary N) is 2. The largest absolute Gasteiger partial charge is 0.360 e. The second kappa shape index (κ2) is 9.14. The van der Waals surface area contributed by atoms with Crippen LogP contribution in [0.1, 0.15) is 0 Å². The average Bonchev–Trinajstić information content (AvgIpc) is 2.64. The highest BCUT2D eigenvalue weighted by Crippen LogP contribution is 2.31. The molecule has 0 aromatic heterocycles. The Morgan fingerprint density at radius 1 is 1.11 bits per heavy atom. The van der Waals surface area contributed by atoms with Gasteiger partial charge in [0.1, 0.15) is 5.82 Å². The summed E-state index contributed by atoms with van der Waals surface area (Å²) in [6.07, 6.45) is 0. The third kappa shape index (κ3) is 5.64. The van der Waals surface area contributed by atoms with Crippen LogP contribution in [0.3, 0.4) is 0 Å². The summed E-state index contributed by atoms with van der Waals surface area (Å²) in [5, 5.41) is 2.74. The van der Waals surface area contributed by atoms with Gasteiger partial charge >= 0.3 is 0 Å². The van der Waals surface area contributed by atoms with E-state index in [9.17, 15) is 18.0 Å². The molecule has 8 heteroatoms. The predicted molar refractivity (Wildman–Crippen MR) is 101 cm³/mol. The number of quaternary nitrogens is 1. The van der Waals surface area contributed by atoms with Crippen LogP contribution in [-0.2, 0) is 4.79 Å². The molecule has 27 heavy (non-hydrogen) atoms. The summed E-state index contributed by atoms with van der Waals surface area (Å²) in [7, 11) is 0. The summed E-state index contributed by atoms with van der Waals surface area (Å²) in [5.74, 6) is -2.99. The summed E-state index contributed by atoms with van der Waals surface area (Å²) in [4.78, 5) is 16.0. The zero-order valence-corrected chi connectivity index (χ0v) is 15.4. The van der Waals surface area contributed by atoms with Crippen LogP contribution in [0, 0.1) is 5.82 Å². The average molecular weight is 396 g/mol. The minimum atomic E-state index is -2.53. The zero-order valence-electron chi connectivity index (χ0n) is 14.6. The smallest absolute Gasteiger partial charge is 0.288 e. The molecule has 2 aromatic carbocycles. The van der Waals surface area contributed by atoms with Gasteiger partial charge in [-0.05, 0) is 36.4 Å². The Kier molecular flexibility index (Phi) is 6.63. The van der Waals surface area contributed by atoms with Gasteiger partial charge in [0.05, 0.1) is 31.9 Å². The van der Waals surface area contributed by atoms with E-state index in [1.54, 1.807) is 36.4 Å². The van der Waals surface area contributed by atoms with Gasteiger partial charge < -0.3 is 15.1 Å². The number of alkyl halides is 2. The Morgan fingerprint density at radius 2 is 1.78 bits per heavy atom. The lowest BCUT2D eigenvalue weighted by Gasteiger charge is -2.33. The third-order valence-corrected chi connectivity index (χ3v) is 5.24. The highest BCUT2D eigenvalue weighted by Gasteiger charge is 2.23. The summed E-state index contributed by atoms with van der Waals surface area (Å²) in [6.45, 7) is 3.37. The van der Waals surface area contributed by atoms with E-state index in [1.807, 2.05) is 0 Å². The minimum absolute atomic E-state index is 0.192. The van der Waals surface area contributed by atoms with Crippen molar-refractivity contribution in [2.45, 2.75) is 10.7 Å². The molecular formula is C19H21F3N3OS+. The van der Waals surface area contributed by atoms with Crippen molar-refractivity contribution in [2.75, 3.05) is 42.9 Å². The van der Waals surface area contributed by atoms with E-state index in [4.69, 9.17) is 0 Å². The fourth-order valence-electron chi connectivity index (χ4n) is 3.10. The number of piperazine rings is 1. The molecule has 0 unspecified atom stereocenters. The second-order valence-electron chi connectivity index (χ2n) is 6.31. The number of hydrogen-bond acceptors (Lipinski definition) is 3. The molecule has 2 aromatic rings. The van der Waals surface area contributed by atoms with Crippen LogP contribution in [0.15, 0.2) is 53.4 Å². The minimum Gasteiger partial charge on any atom is -0.360 e. The highest BCUT2D eigenvalue weighted by atomic mass is 32.2. The molecule has 0 atom stereocenters. The molecule has 0 radical (unpaired) electrons. The Bertz CT molecular complexity index is 765. The number of rotatable bonds is 6. The first-order valence-corrected chi connectivity index (χ1v) is 9.57. The molecule has 1 aliphatic rings. The number of anilines is 2. The Morgan fingerprint density at radius 3 is 2.44 bits per heavy atom. The highest BCUT2D eigenvalue weighted by molar-refractivity contribution is 7.99. The van der Waals surface area contributed by atoms with E-state index in [-0.39, 0.29) is 18.3 Å². The van der Waals surface area contributed by atoms with Crippen LogP contribution in [0.5, 0.6) is 0 Å². The van der Waals surface area contributed by atoms with Crippen molar-refractivity contribution in [3.8, 4) is 0 Å². The Labute approximate surface area is 160 Å². The van der Waals surface area contributed by atoms with Crippen molar-refractivity contribution in [3.05, 3.63) is 54.3 Å². The van der Waals surface area contributed by atoms with Crippen molar-refractivity contribution < 1.29 is 22.9 Å². The summed E-state index contributed by atoms with van der Waals surface area (Å²) >= 11 is 0.424. The van der Waals surface area contributed by atoms with Crippen LogP contribution >= 0.6 is 11.8 Å². The standard InChI is InChI=1S/C19H20F3N3OS/c20-14-5-7-15(8-6-14)25-11-9-24(10-12-25)13-18(26)23-16-3-1-2-4-17(16)27-19(21)22/h1-8,19H,9-13H2,(H,23,26)/p+1. The van der Waals surface area contributed by atoms with Crippen LogP contribution in [0.2, 0.25) is 0 Å². The number of hydrogen-bond donors (Lipinski definition) is 2. The van der Waals surface area contributed by atoms with Crippen molar-refractivity contribution in [3.63, 3.8) is 0 Å². The third-order valence-electron chi connectivity index (χ3n) is 4.45. The maximum absolute atomic E-state index is 13.0. The maximum Gasteiger partial charge on any atom is 0.288 e. The lowest BCUT2D eigenvalue weighted by atomic mass is 10.2. The molecule has 0 bridgehead atoms. The van der Waals surface area contributed by atoms with Crippen LogP contribution in [0.4, 0.5) is 24.5 Å². The number of halogens is 3. The number of thioether (sulfide) groups is 1. The zero-order chi connectivity index (χ0) is 19.2. The van der Waals surface area contributed by atoms with Crippen molar-refractivity contribution in [1.82, 2.24) is 0 Å². The molecule has 3 rings (SSSR count). The van der Waals surface area contributed by atoms with Crippen LogP contribution < -0.4 is 15.1 Å². The van der Waals surface area contributed by atoms with E-state index in [2.05, 4.69) is 10.2 Å². The summed E-state index contributed by atoms with van der Waals surface area (Å²) in [6, 6.07) is 13.0. The van der Waals surface area contributed by atoms with Crippen molar-refractivity contribution >= 4 is 29.0 Å². The number of para-hydroxylation sites is 1. The molecule has 144 valence electrons. The molecule has 2 N–H and O–H groups in total. The van der Waals surface area contributed by atoms with Gasteiger partial charge in [-0.15, -0.1) is 0 Å². The molecule has 1 fully saturated rings. The van der Waals surface area contributed by atoms with E-state index in [1.165, 1.54) is 12.1 Å². The molecule has 0 saturated carbocycles. The van der Waals surface area contributed by atoms with E-state index < -0.39 is 5.76 Å². The van der Waals surface area contributed by atoms with Crippen LogP contribution in [-0.4, -0.2) is 44.4 Å². The molecule has 1 heterocycles. The lowest BCUT2D eigenvalue weighted by molar-refractivity contribution is -0.892. The van der Waals surface area contributed by atoms with Crippen molar-refractivity contribution in [2.24, 2.45) is 0 Å². The van der Waals surface area contributed by atoms with E-state index >= 15 is 0 Å². The van der Waals surface area contributed by atoms with Gasteiger partial charge in [0.25, 0.3) is 11.7 Å². The molecule has 0 spiro atoms. The first kappa shape index (κ1) is 19.6. The Hall–Kier alpha value is -2.19. The molecule has 1 saturated heterocycles. The fourth-order valence-corrected chi connectivity index (χ4v) is 3.70. The molecule has 1 aliphatic heterocycles. The van der Waals surface area contributed by atoms with E-state index in [0.717, 1.165) is 36.8 Å². The van der Waals surface area contributed by atoms with Gasteiger partial charge in [-0.2, -0.15) is 8.78 Å². The van der Waals surface area contributed by atoms with E-state index in [0.29, 0.717) is 22.3 Å². The number of amides is 1. The van der Waals surface area contributed by atoms with Crippen molar-refractivity contribution in [1.29, 1.82) is 0 Å². The van der Waals surface area contributed by atoms with Gasteiger partial charge in [-0.3, -0.25) is 4.79 Å². The van der Waals surface area contributed by atoms with Gasteiger partial charge in [0.2, 0.25) is 0 Å². The normalized spacial score (nSPS) is 15.2. The molecule has 1 amide bonds. The second-order valence-corrected chi connectivity index (χ2v) is 7.34. The fraction of sp³-hybridized carbons (Fsp3) is 0.316. The molecular weight excluding hydrogens is 375 g/mol. The number of carbonyl (C=O) groups excluding carboxylic acids is 1. The monoisotopic (exact) mass is 396 g/mol. The lowest BCUT2D eigenvalue weighted by Crippen LogP contribution is -3.15. The predicted octanol–water partition coefficient (Wildman–Crippen LogP) is 2.48. The number of nitrogens with zero attached hydrogens (tertiary/aromatic N) is 1. The van der Waals surface area contributed by atoms with Crippen LogP contribution in [0.25, 0.3) is 0 Å². The first-order chi connectivity index (χ1) is 13.0. The topological polar surface area (TPSA) is 36.8 Å². The number of carbonyl (C=O) groups is 1. The summed E-state index contributed by atoms with van der Waals surface area (Å²) in [5.41, 5.74) is 1.38. The SMILES string of the molecule is O=C(C[NH+]1CCN(c2ccc(F)cc2)CC1)Nc1ccccc1SC(F)F. The maximum atomic E-state index is 13.0. The van der Waals surface area contributed by atoms with Gasteiger partial charge in [0, 0.05) is 10.6 Å². The first-order valence-electron chi connectivity index (χ1n) is 8.69. The molecule has 0 aliphatic carbocycles. The Balaban J connectivity index is 1.51.